The third-order valence-electron chi connectivity index (χ3n) is 10.7. The first-order chi connectivity index (χ1) is 29.1. The molecule has 1 aliphatic rings. The van der Waals surface area contributed by atoms with Crippen LogP contribution in [0, 0.1) is 0 Å². The Morgan fingerprint density at radius 2 is 0.903 bits per heavy atom. The molecule has 0 aromatic rings. The number of ether oxygens (including phenoxy) is 1. The van der Waals surface area contributed by atoms with Crippen LogP contribution in [0.1, 0.15) is 206 Å². The Kier molecular flexibility index (Phi) is 31.4. The molecule has 0 aliphatic carbocycles. The zero-order valence-corrected chi connectivity index (χ0v) is 39.9. The van der Waals surface area contributed by atoms with Crippen LogP contribution in [0.3, 0.4) is 0 Å². The van der Waals surface area contributed by atoms with E-state index in [1.807, 2.05) is 0 Å². The summed E-state index contributed by atoms with van der Waals surface area (Å²) in [4.78, 5) is 12.9. The highest BCUT2D eigenvalue weighted by Gasteiger charge is 2.26. The zero-order valence-electron chi connectivity index (χ0n) is 36.6. The molecule has 0 saturated carbocycles. The maximum absolute atomic E-state index is 12.9. The van der Waals surface area contributed by atoms with E-state index in [0.717, 1.165) is 116 Å². The minimum Gasteiger partial charge on any atom is -0.459 e. The Hall–Kier alpha value is -1.31. The Balaban J connectivity index is 2.88. The van der Waals surface area contributed by atoms with Gasteiger partial charge in [0, 0.05) is 18.9 Å². The first-order valence-corrected chi connectivity index (χ1v) is 28.1. The largest absolute Gasteiger partial charge is 0.459 e. The van der Waals surface area contributed by atoms with Crippen molar-refractivity contribution in [3.8, 4) is 0 Å². The molecule has 0 fully saturated rings. The molecule has 0 aromatic heterocycles. The summed E-state index contributed by atoms with van der Waals surface area (Å²) in [6.07, 6.45) is 20.1. The molecule has 1 heterocycles. The summed E-state index contributed by atoms with van der Waals surface area (Å²) in [5, 5.41) is 0. The fourth-order valence-corrected chi connectivity index (χ4v) is 9.84. The van der Waals surface area contributed by atoms with Gasteiger partial charge in [-0.05, 0) is 58.3 Å². The molecule has 4 N–H and O–H groups in total. The van der Waals surface area contributed by atoms with Gasteiger partial charge in [-0.15, -0.1) is 0 Å². The Labute approximate surface area is 372 Å². The second-order valence-corrected chi connectivity index (χ2v) is 20.8. The molecule has 368 valence electrons. The highest BCUT2D eigenvalue weighted by atomic mass is 32.3. The number of hydrogen-bond acceptors (Lipinski definition) is 14. The Morgan fingerprint density at radius 1 is 0.532 bits per heavy atom. The molecular formula is C40H76O18S4. The van der Waals surface area contributed by atoms with Crippen LogP contribution < -0.4 is 0 Å². The van der Waals surface area contributed by atoms with Gasteiger partial charge in [-0.2, -0.15) is 33.7 Å². The van der Waals surface area contributed by atoms with Gasteiger partial charge in [-0.1, -0.05) is 141 Å². The van der Waals surface area contributed by atoms with Gasteiger partial charge >= 0.3 is 47.6 Å². The predicted octanol–water partition coefficient (Wildman–Crippen LogP) is 9.33. The highest BCUT2D eigenvalue weighted by Crippen LogP contribution is 2.24. The number of carbonyl (C=O) groups excluding carboxylic acids is 1. The number of allylic oxidation sites excluding steroid dienone is 1. The molecule has 0 saturated heterocycles. The standard InChI is InChI=1S/C40H76O18S4/c1-35(55-59(42,43)44)27-21-15-14-19-22-28-36-33-37(56-60(45,46)47)29-23-16-11-7-5-8-12-18-25-31-39(58-62(51,52)53)34-38(57-61(48,49)50)30-24-17-10-6-3-2-4-9-13-20-26-32-40(41)54-36/h26,32,35-39H,2-25,27-31,33-34H2,1H3,(H,42,43,44)(H,45,46,47)(H,48,49,50)(H,51,52,53)/b32-26+/t35-,36+,37-,38+,39+/m0/s1. The first-order valence-electron chi connectivity index (χ1n) is 22.6. The minimum atomic E-state index is -4.82. The lowest BCUT2D eigenvalue weighted by molar-refractivity contribution is -0.144. The molecule has 0 bridgehead atoms. The van der Waals surface area contributed by atoms with Gasteiger partial charge in [0.05, 0.1) is 24.4 Å². The molecule has 0 amide bonds. The summed E-state index contributed by atoms with van der Waals surface area (Å²) in [6.45, 7) is 1.56. The first kappa shape index (κ1) is 58.7. The SMILES string of the molecule is C[C@@H](CCCCCCC[C@@H]1C[C@@H](OS(=O)(=O)O)CCCCCCCCCCC[C@@H](OS(=O)(=O)O)C[C@H](OS(=O)(=O)O)CCCCCCCCCCC/C=C/C(=O)O1)OS(=O)(=O)O. The fourth-order valence-electron chi connectivity index (χ4n) is 7.77. The molecule has 0 aromatic carbocycles. The van der Waals surface area contributed by atoms with Crippen molar-refractivity contribution in [2.24, 2.45) is 0 Å². The second-order valence-electron chi connectivity index (χ2n) is 16.6. The van der Waals surface area contributed by atoms with Crippen LogP contribution in [0.25, 0.3) is 0 Å². The number of esters is 1. The van der Waals surface area contributed by atoms with Crippen molar-refractivity contribution in [3.05, 3.63) is 12.2 Å². The van der Waals surface area contributed by atoms with Gasteiger partial charge in [0.1, 0.15) is 6.10 Å². The molecule has 22 heteroatoms. The van der Waals surface area contributed by atoms with Crippen LogP contribution in [-0.2, 0) is 67.9 Å². The predicted molar refractivity (Wildman–Crippen MR) is 234 cm³/mol. The molecule has 0 radical (unpaired) electrons. The molecule has 0 unspecified atom stereocenters. The van der Waals surface area contributed by atoms with Gasteiger partial charge in [-0.25, -0.2) is 21.5 Å². The molecule has 18 nitrogen and oxygen atoms in total. The second kappa shape index (κ2) is 33.2. The number of unbranched alkanes of at least 4 members (excludes halogenated alkanes) is 4. The lowest BCUT2D eigenvalue weighted by atomic mass is 9.98. The zero-order chi connectivity index (χ0) is 46.3. The Bertz CT molecular complexity index is 1650. The lowest BCUT2D eigenvalue weighted by Crippen LogP contribution is -2.27. The van der Waals surface area contributed by atoms with E-state index in [9.17, 15) is 52.1 Å². The number of rotatable bonds is 16. The van der Waals surface area contributed by atoms with Gasteiger partial charge < -0.3 is 4.74 Å². The smallest absolute Gasteiger partial charge is 0.397 e. The molecular weight excluding hydrogens is 897 g/mol. The van der Waals surface area contributed by atoms with E-state index in [2.05, 4.69) is 4.18 Å². The van der Waals surface area contributed by atoms with Gasteiger partial charge in [0.2, 0.25) is 0 Å². The lowest BCUT2D eigenvalue weighted by Gasteiger charge is -2.23. The van der Waals surface area contributed by atoms with Crippen molar-refractivity contribution in [1.29, 1.82) is 0 Å². The van der Waals surface area contributed by atoms with E-state index in [0.29, 0.717) is 57.8 Å². The Morgan fingerprint density at radius 3 is 1.32 bits per heavy atom. The molecule has 5 atom stereocenters. The van der Waals surface area contributed by atoms with E-state index >= 15 is 0 Å². The highest BCUT2D eigenvalue weighted by molar-refractivity contribution is 7.81. The third-order valence-corrected chi connectivity index (χ3v) is 12.9. The van der Waals surface area contributed by atoms with Gasteiger partial charge in [0.25, 0.3) is 0 Å². The third kappa shape index (κ3) is 39.1. The van der Waals surface area contributed by atoms with Crippen LogP contribution in [0.5, 0.6) is 0 Å². The van der Waals surface area contributed by atoms with Crippen LogP contribution in [0.2, 0.25) is 0 Å². The van der Waals surface area contributed by atoms with Crippen LogP contribution in [0.15, 0.2) is 12.2 Å². The summed E-state index contributed by atoms with van der Waals surface area (Å²) in [5.41, 5.74) is 0. The minimum absolute atomic E-state index is 0.0776. The van der Waals surface area contributed by atoms with Crippen LogP contribution >= 0.6 is 0 Å². The maximum Gasteiger partial charge on any atom is 0.397 e. The van der Waals surface area contributed by atoms with E-state index in [1.54, 1.807) is 13.0 Å². The van der Waals surface area contributed by atoms with Crippen LogP contribution in [-0.4, -0.2) is 88.4 Å². The van der Waals surface area contributed by atoms with Crippen molar-refractivity contribution in [3.63, 3.8) is 0 Å². The maximum atomic E-state index is 12.9. The van der Waals surface area contributed by atoms with Crippen molar-refractivity contribution in [1.82, 2.24) is 0 Å². The fraction of sp³-hybridized carbons (Fsp3) is 0.925. The average molecular weight is 973 g/mol. The number of hydrogen-bond donors (Lipinski definition) is 4. The normalized spacial score (nSPS) is 24.8. The molecule has 1 rings (SSSR count). The average Bonchev–Trinajstić information content (AvgIpc) is 3.12. The van der Waals surface area contributed by atoms with E-state index < -0.39 is 78.1 Å². The van der Waals surface area contributed by atoms with E-state index in [-0.39, 0.29) is 25.7 Å². The quantitative estimate of drug-likeness (QED) is 0.0636. The van der Waals surface area contributed by atoms with Gasteiger partial charge in [-0.3, -0.25) is 18.2 Å². The van der Waals surface area contributed by atoms with Crippen molar-refractivity contribution < 1.29 is 78.1 Å². The monoisotopic (exact) mass is 972 g/mol. The van der Waals surface area contributed by atoms with Crippen molar-refractivity contribution >= 4 is 47.6 Å². The topological polar surface area (TPSA) is 281 Å². The number of cyclic esters (lactones) is 1. The van der Waals surface area contributed by atoms with E-state index in [4.69, 9.17) is 21.8 Å². The molecule has 62 heavy (non-hydrogen) atoms. The summed E-state index contributed by atoms with van der Waals surface area (Å²) in [7, 11) is -18.9. The molecule has 1 aliphatic heterocycles. The summed E-state index contributed by atoms with van der Waals surface area (Å²) >= 11 is 0. The van der Waals surface area contributed by atoms with Crippen LogP contribution in [0.4, 0.5) is 0 Å². The van der Waals surface area contributed by atoms with Gasteiger partial charge in [0.15, 0.2) is 0 Å². The number of carbonyl (C=O) groups is 1. The summed E-state index contributed by atoms with van der Waals surface area (Å²) in [5.74, 6) is -0.540. The molecule has 0 spiro atoms. The van der Waals surface area contributed by atoms with E-state index in [1.165, 1.54) is 6.08 Å². The summed E-state index contributed by atoms with van der Waals surface area (Å²) in [6, 6.07) is 0. The van der Waals surface area contributed by atoms with Crippen molar-refractivity contribution in [2.45, 2.75) is 236 Å². The summed E-state index contributed by atoms with van der Waals surface area (Å²) < 4.78 is 154. The van der Waals surface area contributed by atoms with Crippen molar-refractivity contribution in [2.75, 3.05) is 0 Å².